The first kappa shape index (κ1) is 41.4. The number of carbonyl (C=O) groups is 1. The monoisotopic (exact) mass is 813 g/mol. The molecule has 3 atom stereocenters. The predicted molar refractivity (Wildman–Crippen MR) is 213 cm³/mol. The number of nitrogens with zero attached hydrogens (tertiary/aromatic N) is 3. The van der Waals surface area contributed by atoms with E-state index < -0.39 is 18.4 Å². The fourth-order valence-electron chi connectivity index (χ4n) is 8.76. The number of fused-ring (bicyclic) bond motifs is 1. The molecule has 0 radical (unpaired) electrons. The number of thioether (sulfide) groups is 1. The van der Waals surface area contributed by atoms with E-state index in [-0.39, 0.29) is 55.3 Å². The molecule has 2 saturated heterocycles. The molecule has 3 fully saturated rings. The lowest BCUT2D eigenvalue weighted by Crippen LogP contribution is -2.58. The summed E-state index contributed by atoms with van der Waals surface area (Å²) in [5, 5.41) is 2.99. The van der Waals surface area contributed by atoms with Crippen LogP contribution in [0.15, 0.2) is 40.2 Å². The van der Waals surface area contributed by atoms with Crippen LogP contribution in [0.3, 0.4) is 0 Å². The van der Waals surface area contributed by atoms with Gasteiger partial charge in [-0.3, -0.25) is 14.5 Å². The van der Waals surface area contributed by atoms with E-state index in [4.69, 9.17) is 23.9 Å². The Hall–Kier alpha value is -3.79. The molecule has 15 heteroatoms. The van der Waals surface area contributed by atoms with Crippen LogP contribution in [-0.2, 0) is 16.0 Å². The van der Waals surface area contributed by atoms with Gasteiger partial charge in [-0.05, 0) is 90.3 Å². The second-order valence-corrected chi connectivity index (χ2v) is 17.1. The van der Waals surface area contributed by atoms with Crippen molar-refractivity contribution >= 4 is 23.5 Å². The van der Waals surface area contributed by atoms with Gasteiger partial charge in [-0.25, -0.2) is 4.98 Å². The summed E-state index contributed by atoms with van der Waals surface area (Å²) in [5.74, 6) is 0.704. The van der Waals surface area contributed by atoms with Crippen molar-refractivity contribution in [2.24, 2.45) is 5.92 Å². The smallest absolute Gasteiger partial charge is 0.389 e. The maximum Gasteiger partial charge on any atom is 0.389 e. The fourth-order valence-corrected chi connectivity index (χ4v) is 9.46. The average molecular weight is 814 g/mol. The Labute approximate surface area is 336 Å². The second-order valence-electron chi connectivity index (χ2n) is 16.2. The number of pyridine rings is 2. The first-order valence-electron chi connectivity index (χ1n) is 20.0. The van der Waals surface area contributed by atoms with Crippen molar-refractivity contribution in [2.75, 3.05) is 43.9 Å². The van der Waals surface area contributed by atoms with E-state index in [0.29, 0.717) is 39.8 Å². The molecule has 5 heterocycles. The van der Waals surface area contributed by atoms with Gasteiger partial charge in [0, 0.05) is 109 Å². The Balaban J connectivity index is 1.08. The van der Waals surface area contributed by atoms with Crippen molar-refractivity contribution in [3.05, 3.63) is 63.2 Å². The van der Waals surface area contributed by atoms with Crippen LogP contribution in [0.2, 0.25) is 0 Å². The van der Waals surface area contributed by atoms with Crippen molar-refractivity contribution in [3.63, 3.8) is 0 Å². The highest BCUT2D eigenvalue weighted by molar-refractivity contribution is 7.98. The van der Waals surface area contributed by atoms with Crippen LogP contribution >= 0.6 is 11.8 Å². The Bertz CT molecular complexity index is 1970. The highest BCUT2D eigenvalue weighted by atomic mass is 32.2. The van der Waals surface area contributed by atoms with E-state index in [2.05, 4.69) is 33.9 Å². The number of ether oxygens (including phenoxy) is 4. The van der Waals surface area contributed by atoms with Gasteiger partial charge in [-0.15, -0.1) is 11.8 Å². The van der Waals surface area contributed by atoms with Crippen molar-refractivity contribution in [1.82, 2.24) is 20.2 Å². The molecule has 1 unspecified atom stereocenters. The summed E-state index contributed by atoms with van der Waals surface area (Å²) >= 11 is 1.46. The highest BCUT2D eigenvalue weighted by Crippen LogP contribution is 2.53. The second kappa shape index (κ2) is 16.8. The van der Waals surface area contributed by atoms with E-state index in [0.717, 1.165) is 73.8 Å². The van der Waals surface area contributed by atoms with Gasteiger partial charge < -0.3 is 34.1 Å². The molecule has 11 nitrogen and oxygen atoms in total. The van der Waals surface area contributed by atoms with E-state index >= 15 is 0 Å². The first-order valence-corrected chi connectivity index (χ1v) is 21.2. The van der Waals surface area contributed by atoms with Crippen LogP contribution in [0.1, 0.15) is 86.5 Å². The number of anilines is 1. The van der Waals surface area contributed by atoms with Crippen LogP contribution < -0.4 is 25.2 Å². The van der Waals surface area contributed by atoms with Gasteiger partial charge in [0.05, 0.1) is 18.3 Å². The van der Waals surface area contributed by atoms with Crippen LogP contribution in [0, 0.1) is 19.8 Å². The molecular formula is C42H54F3N5O6S. The summed E-state index contributed by atoms with van der Waals surface area (Å²) in [6.45, 7) is 12.9. The minimum Gasteiger partial charge on any atom is -0.448 e. The molecular weight excluding hydrogens is 760 g/mol. The van der Waals surface area contributed by atoms with Gasteiger partial charge >= 0.3 is 6.18 Å². The number of aromatic amines is 1. The number of benzene rings is 1. The molecule has 57 heavy (non-hydrogen) atoms. The number of amides is 1. The number of H-pyrrole nitrogens is 1. The number of likely N-dealkylation sites (tertiary alicyclic amines) is 1. The number of nitrogens with one attached hydrogen (secondary N) is 2. The molecule has 310 valence electrons. The van der Waals surface area contributed by atoms with E-state index in [9.17, 15) is 22.8 Å². The SMILES string of the molecule is CSc1cc(C)[nH]c(=O)c1CNC(=O)c1cc(-c2ccc(N3C[C@@H](C)O[C@@H](C)C3)nc2)c2c(c1C)OC(C)([C@H]1CC[C@H](N3CC(OCCCC(F)(F)F)C3)CC1)O2. The van der Waals surface area contributed by atoms with Gasteiger partial charge in [-0.1, -0.05) is 0 Å². The minimum absolute atomic E-state index is 0.0119. The quantitative estimate of drug-likeness (QED) is 0.142. The maximum absolute atomic E-state index is 14.0. The van der Waals surface area contributed by atoms with Crippen LogP contribution in [-0.4, -0.2) is 96.1 Å². The highest BCUT2D eigenvalue weighted by Gasteiger charge is 2.49. The van der Waals surface area contributed by atoms with E-state index in [1.165, 1.54) is 11.8 Å². The molecule has 1 aliphatic carbocycles. The van der Waals surface area contributed by atoms with Crippen LogP contribution in [0.5, 0.6) is 11.5 Å². The lowest BCUT2D eigenvalue weighted by molar-refractivity contribution is -0.144. The molecule has 2 N–H and O–H groups in total. The summed E-state index contributed by atoms with van der Waals surface area (Å²) < 4.78 is 62.8. The van der Waals surface area contributed by atoms with Gasteiger partial charge in [0.15, 0.2) is 11.5 Å². The number of hydrogen-bond donors (Lipinski definition) is 2. The zero-order valence-corrected chi connectivity index (χ0v) is 34.4. The molecule has 2 aromatic heterocycles. The Kier molecular flexibility index (Phi) is 12.2. The van der Waals surface area contributed by atoms with Gasteiger partial charge in [0.2, 0.25) is 0 Å². The van der Waals surface area contributed by atoms with Crippen LogP contribution in [0.4, 0.5) is 19.0 Å². The number of alkyl halides is 3. The van der Waals surface area contributed by atoms with Crippen LogP contribution in [0.25, 0.3) is 11.1 Å². The Morgan fingerprint density at radius 1 is 1.05 bits per heavy atom. The molecule has 0 bridgehead atoms. The zero-order chi connectivity index (χ0) is 40.6. The Morgan fingerprint density at radius 3 is 2.40 bits per heavy atom. The van der Waals surface area contributed by atoms with Crippen molar-refractivity contribution in [2.45, 2.75) is 121 Å². The standard InChI is InChI=1S/C42H54F3N5O6S/c1-24-16-35(57-6)34(40(52)48-24)19-47-39(51)32-17-33(28-8-13-36(46-18-28)50-20-25(2)54-26(3)21-50)38-37(27(32)4)55-41(5,56-38)29-9-11-30(12-10-29)49-22-31(23-49)53-15-7-14-42(43,44)45/h8,13,16-18,25-26,29-31H,7,9-12,14-15,19-23H2,1-6H3,(H,47,51)(H,48,52)/t25-,26+,29-,30-,41?. The number of aryl methyl sites for hydroxylation is 1. The lowest BCUT2D eigenvalue weighted by atomic mass is 9.80. The average Bonchev–Trinajstić information content (AvgIpc) is 3.52. The zero-order valence-electron chi connectivity index (χ0n) is 33.6. The third kappa shape index (κ3) is 9.26. The van der Waals surface area contributed by atoms with Crippen molar-refractivity contribution < 1.29 is 36.9 Å². The summed E-state index contributed by atoms with van der Waals surface area (Å²) in [7, 11) is 0. The number of morpholine rings is 1. The predicted octanol–water partition coefficient (Wildman–Crippen LogP) is 7.41. The van der Waals surface area contributed by atoms with Crippen molar-refractivity contribution in [3.8, 4) is 22.6 Å². The summed E-state index contributed by atoms with van der Waals surface area (Å²) in [6, 6.07) is 8.10. The van der Waals surface area contributed by atoms with E-state index in [1.54, 1.807) is 0 Å². The topological polar surface area (TPSA) is 118 Å². The molecule has 1 saturated carbocycles. The molecule has 3 aromatic rings. The minimum atomic E-state index is -4.15. The molecule has 4 aliphatic rings. The molecule has 3 aliphatic heterocycles. The summed E-state index contributed by atoms with van der Waals surface area (Å²) in [4.78, 5) is 40.0. The van der Waals surface area contributed by atoms with E-state index in [1.807, 2.05) is 57.5 Å². The van der Waals surface area contributed by atoms with Crippen molar-refractivity contribution in [1.29, 1.82) is 0 Å². The third-order valence-corrected chi connectivity index (χ3v) is 12.6. The molecule has 1 amide bonds. The molecule has 1 aromatic carbocycles. The number of rotatable bonds is 12. The fraction of sp³-hybridized carbons (Fsp3) is 0.595. The first-order chi connectivity index (χ1) is 27.1. The summed E-state index contributed by atoms with van der Waals surface area (Å²) in [6.07, 6.45) is 2.47. The normalized spacial score (nSPS) is 25.4. The number of carbonyl (C=O) groups excluding carboxylic acids is 1. The molecule has 7 rings (SSSR count). The lowest BCUT2D eigenvalue weighted by Gasteiger charge is -2.47. The maximum atomic E-state index is 14.0. The summed E-state index contributed by atoms with van der Waals surface area (Å²) in [5.41, 5.74) is 3.56. The number of halogens is 3. The number of hydrogen-bond acceptors (Lipinski definition) is 10. The van der Waals surface area contributed by atoms with Gasteiger partial charge in [0.25, 0.3) is 17.3 Å². The molecule has 0 spiro atoms. The van der Waals surface area contributed by atoms with Gasteiger partial charge in [0.1, 0.15) is 5.82 Å². The Morgan fingerprint density at radius 2 is 1.75 bits per heavy atom. The third-order valence-electron chi connectivity index (χ3n) is 11.8. The number of aromatic nitrogens is 2. The van der Waals surface area contributed by atoms with Gasteiger partial charge in [-0.2, -0.15) is 13.2 Å². The largest absolute Gasteiger partial charge is 0.448 e.